The molecule has 39 heavy (non-hydrogen) atoms. The molecule has 0 atom stereocenters. The quantitative estimate of drug-likeness (QED) is 0.296. The van der Waals surface area contributed by atoms with Gasteiger partial charge in [-0.2, -0.15) is 0 Å². The summed E-state index contributed by atoms with van der Waals surface area (Å²) in [5, 5.41) is 4.02. The molecule has 0 spiro atoms. The van der Waals surface area contributed by atoms with Crippen LogP contribution in [-0.2, 0) is 14.4 Å². The molecule has 1 aliphatic heterocycles. The number of anilines is 2. The first-order valence-corrected chi connectivity index (χ1v) is 12.2. The zero-order chi connectivity index (χ0) is 28.1. The molecule has 8 nitrogen and oxygen atoms in total. The molecule has 3 aromatic carbocycles. The van der Waals surface area contributed by atoms with E-state index in [0.717, 1.165) is 11.6 Å². The predicted octanol–water partition coefficient (Wildman–Crippen LogP) is 5.10. The van der Waals surface area contributed by atoms with Crippen molar-refractivity contribution in [3.63, 3.8) is 0 Å². The lowest BCUT2D eigenvalue weighted by Gasteiger charge is -2.13. The summed E-state index contributed by atoms with van der Waals surface area (Å²) in [4.78, 5) is 50.0. The van der Waals surface area contributed by atoms with Gasteiger partial charge in [0.1, 0.15) is 12.3 Å². The van der Waals surface area contributed by atoms with E-state index in [1.165, 1.54) is 6.08 Å². The van der Waals surface area contributed by atoms with E-state index in [9.17, 15) is 32.3 Å². The van der Waals surface area contributed by atoms with E-state index < -0.39 is 46.7 Å². The zero-order valence-corrected chi connectivity index (χ0v) is 21.1. The van der Waals surface area contributed by atoms with Crippen LogP contribution >= 0.6 is 11.8 Å². The monoisotopic (exact) mass is 555 g/mol. The van der Waals surface area contributed by atoms with Crippen LogP contribution in [0.5, 0.6) is 5.75 Å². The third kappa shape index (κ3) is 6.85. The number of thioether (sulfide) groups is 1. The van der Waals surface area contributed by atoms with Gasteiger partial charge >= 0.3 is 0 Å². The van der Waals surface area contributed by atoms with Crippen LogP contribution in [0.1, 0.15) is 11.1 Å². The number of ether oxygens (including phenoxy) is 1. The highest BCUT2D eigenvalue weighted by molar-refractivity contribution is 8.18. The Morgan fingerprint density at radius 2 is 1.69 bits per heavy atom. The van der Waals surface area contributed by atoms with Gasteiger partial charge in [0, 0.05) is 5.69 Å². The fraction of sp³-hybridized carbons (Fsp3) is 0.111. The molecule has 4 amide bonds. The normalized spacial score (nSPS) is 14.1. The average molecular weight is 556 g/mol. The van der Waals surface area contributed by atoms with Crippen molar-refractivity contribution >= 4 is 52.2 Å². The Balaban J connectivity index is 1.32. The Morgan fingerprint density at radius 3 is 2.41 bits per heavy atom. The van der Waals surface area contributed by atoms with E-state index in [4.69, 9.17) is 4.74 Å². The lowest BCUT2D eigenvalue weighted by Crippen LogP contribution is -2.36. The largest absolute Gasteiger partial charge is 0.484 e. The molecule has 0 unspecified atom stereocenters. The second kappa shape index (κ2) is 11.9. The number of hydrogen-bond donors (Lipinski definition) is 2. The van der Waals surface area contributed by atoms with Gasteiger partial charge in [-0.05, 0) is 72.3 Å². The van der Waals surface area contributed by atoms with Gasteiger partial charge in [-0.3, -0.25) is 24.1 Å². The number of nitrogens with zero attached hydrogens (tertiary/aromatic N) is 1. The molecule has 0 saturated carbocycles. The fourth-order valence-corrected chi connectivity index (χ4v) is 4.31. The van der Waals surface area contributed by atoms with Crippen LogP contribution in [-0.4, -0.2) is 41.0 Å². The molecule has 1 aliphatic rings. The number of imide groups is 1. The second-order valence-corrected chi connectivity index (χ2v) is 9.31. The summed E-state index contributed by atoms with van der Waals surface area (Å²) in [6, 6.07) is 15.2. The number of hydrogen-bond acceptors (Lipinski definition) is 6. The van der Waals surface area contributed by atoms with E-state index in [2.05, 4.69) is 5.32 Å². The van der Waals surface area contributed by atoms with Crippen LogP contribution in [0.15, 0.2) is 65.6 Å². The lowest BCUT2D eigenvalue weighted by molar-refractivity contribution is -0.127. The standard InChI is InChI=1S/C27H20F3N3O5S/c1-15-3-2-4-17(11-15)31-23(35)14-38-18-7-5-16(6-8-18)12-21-26(36)33(27(37)39-21)13-22(34)32-20-10-9-19(28)24(29)25(20)30/h2-12H,13-14H2,1H3,(H,31,35)(H,32,34)/b21-12+. The van der Waals surface area contributed by atoms with Crippen LogP contribution in [0.2, 0.25) is 0 Å². The number of halogens is 3. The maximum atomic E-state index is 13.8. The van der Waals surface area contributed by atoms with E-state index in [-0.39, 0.29) is 17.4 Å². The summed E-state index contributed by atoms with van der Waals surface area (Å²) in [6.45, 7) is 0.938. The SMILES string of the molecule is Cc1cccc(NC(=O)COc2ccc(/C=C3/SC(=O)N(CC(=O)Nc4ccc(F)c(F)c4F)C3=O)cc2)c1. The third-order valence-electron chi connectivity index (χ3n) is 5.33. The van der Waals surface area contributed by atoms with Gasteiger partial charge in [0.2, 0.25) is 5.91 Å². The first-order chi connectivity index (χ1) is 18.6. The first-order valence-electron chi connectivity index (χ1n) is 11.4. The van der Waals surface area contributed by atoms with Crippen molar-refractivity contribution in [1.29, 1.82) is 0 Å². The molecule has 0 bridgehead atoms. The van der Waals surface area contributed by atoms with E-state index >= 15 is 0 Å². The number of benzene rings is 3. The minimum atomic E-state index is -1.76. The molecule has 0 aromatic heterocycles. The number of amides is 4. The van der Waals surface area contributed by atoms with Crippen LogP contribution in [0.25, 0.3) is 6.08 Å². The second-order valence-electron chi connectivity index (χ2n) is 8.31. The zero-order valence-electron chi connectivity index (χ0n) is 20.3. The summed E-state index contributed by atoms with van der Waals surface area (Å²) in [7, 11) is 0. The molecule has 2 N–H and O–H groups in total. The molecule has 3 aromatic rings. The van der Waals surface area contributed by atoms with Crippen LogP contribution in [0, 0.1) is 24.4 Å². The Bertz CT molecular complexity index is 1490. The van der Waals surface area contributed by atoms with E-state index in [0.29, 0.717) is 39.7 Å². The van der Waals surface area contributed by atoms with Crippen LogP contribution < -0.4 is 15.4 Å². The maximum Gasteiger partial charge on any atom is 0.294 e. The molecule has 0 aliphatic carbocycles. The van der Waals surface area contributed by atoms with Crippen molar-refractivity contribution in [2.24, 2.45) is 0 Å². The molecule has 0 radical (unpaired) electrons. The minimum Gasteiger partial charge on any atom is -0.484 e. The van der Waals surface area contributed by atoms with Crippen molar-refractivity contribution in [3.05, 3.63) is 94.1 Å². The van der Waals surface area contributed by atoms with Gasteiger partial charge in [-0.15, -0.1) is 0 Å². The van der Waals surface area contributed by atoms with Gasteiger partial charge in [-0.25, -0.2) is 13.2 Å². The third-order valence-corrected chi connectivity index (χ3v) is 6.24. The molecule has 1 fully saturated rings. The van der Waals surface area contributed by atoms with E-state index in [1.807, 2.05) is 30.4 Å². The molecule has 200 valence electrons. The number of rotatable bonds is 8. The lowest BCUT2D eigenvalue weighted by atomic mass is 10.2. The summed E-state index contributed by atoms with van der Waals surface area (Å²) >= 11 is 0.603. The summed E-state index contributed by atoms with van der Waals surface area (Å²) in [6.07, 6.45) is 1.44. The highest BCUT2D eigenvalue weighted by Gasteiger charge is 2.36. The average Bonchev–Trinajstić information content (AvgIpc) is 3.16. The van der Waals surface area contributed by atoms with Gasteiger partial charge < -0.3 is 15.4 Å². The van der Waals surface area contributed by atoms with E-state index in [1.54, 1.807) is 30.3 Å². The first kappa shape index (κ1) is 27.5. The Morgan fingerprint density at radius 1 is 0.949 bits per heavy atom. The molecule has 1 heterocycles. The van der Waals surface area contributed by atoms with Gasteiger partial charge in [-0.1, -0.05) is 24.3 Å². The smallest absolute Gasteiger partial charge is 0.294 e. The molecular formula is C27H20F3N3O5S. The van der Waals surface area contributed by atoms with Gasteiger partial charge in [0.05, 0.1) is 10.6 Å². The highest BCUT2D eigenvalue weighted by Crippen LogP contribution is 2.32. The predicted molar refractivity (Wildman–Crippen MR) is 139 cm³/mol. The number of nitrogens with one attached hydrogen (secondary N) is 2. The summed E-state index contributed by atoms with van der Waals surface area (Å²) in [5.74, 6) is -6.45. The number of carbonyl (C=O) groups excluding carboxylic acids is 4. The Hall–Kier alpha value is -4.58. The molecule has 1 saturated heterocycles. The minimum absolute atomic E-state index is 0.0398. The topological polar surface area (TPSA) is 105 Å². The molecule has 4 rings (SSSR count). The molecular weight excluding hydrogens is 535 g/mol. The van der Waals surface area contributed by atoms with Crippen molar-refractivity contribution < 1.29 is 37.1 Å². The summed E-state index contributed by atoms with van der Waals surface area (Å²) < 4.78 is 45.7. The fourth-order valence-electron chi connectivity index (χ4n) is 3.47. The Kier molecular flexibility index (Phi) is 8.35. The van der Waals surface area contributed by atoms with Gasteiger partial charge in [0.25, 0.3) is 17.1 Å². The highest BCUT2D eigenvalue weighted by atomic mass is 32.2. The summed E-state index contributed by atoms with van der Waals surface area (Å²) in [5.41, 5.74) is 1.58. The van der Waals surface area contributed by atoms with Crippen LogP contribution in [0.4, 0.5) is 29.3 Å². The molecule has 12 heteroatoms. The van der Waals surface area contributed by atoms with Crippen molar-refractivity contribution in [2.45, 2.75) is 6.92 Å². The van der Waals surface area contributed by atoms with Crippen molar-refractivity contribution in [3.8, 4) is 5.75 Å². The number of carbonyl (C=O) groups is 4. The van der Waals surface area contributed by atoms with Crippen molar-refractivity contribution in [1.82, 2.24) is 4.90 Å². The number of aryl methyl sites for hydroxylation is 1. The van der Waals surface area contributed by atoms with Crippen molar-refractivity contribution in [2.75, 3.05) is 23.8 Å². The van der Waals surface area contributed by atoms with Crippen LogP contribution in [0.3, 0.4) is 0 Å². The van der Waals surface area contributed by atoms with Gasteiger partial charge in [0.15, 0.2) is 24.1 Å². The Labute approximate surface area is 224 Å². The maximum absolute atomic E-state index is 13.8.